The summed E-state index contributed by atoms with van der Waals surface area (Å²) < 4.78 is 8.74. The van der Waals surface area contributed by atoms with Crippen LogP contribution < -0.4 is 0 Å². The Hall–Kier alpha value is 0.483. The standard InChI is InChI=1S/C5H11O5.Bi.O/c6-1-3(8)5(10)4(9)2-7;;/h1,3-10H,2H2;;/t3-,4+,5+;;/m0../s1. The predicted molar refractivity (Wildman–Crippen MR) is 37.6 cm³/mol. The van der Waals surface area contributed by atoms with Gasteiger partial charge in [0.1, 0.15) is 0 Å². The molecule has 4 atom stereocenters. The summed E-state index contributed by atoms with van der Waals surface area (Å²) in [7, 11) is 0. The van der Waals surface area contributed by atoms with Crippen LogP contribution in [0.15, 0.2) is 0 Å². The number of hydrogen-bond acceptors (Lipinski definition) is 6. The minimum absolute atomic E-state index is 0.726. The first-order valence-electron chi connectivity index (χ1n) is 3.20. The topological polar surface area (TPSA) is 118 Å². The molecule has 72 valence electrons. The number of rotatable bonds is 5. The van der Waals surface area contributed by atoms with Crippen molar-refractivity contribution < 1.29 is 28.3 Å². The number of aliphatic hydroxyl groups excluding tert-OH is 5. The van der Waals surface area contributed by atoms with E-state index >= 15 is 0 Å². The molecule has 0 rings (SSSR count). The zero-order valence-electron chi connectivity index (χ0n) is 6.11. The van der Waals surface area contributed by atoms with E-state index in [4.69, 9.17) is 25.5 Å². The van der Waals surface area contributed by atoms with Crippen molar-refractivity contribution in [2.24, 2.45) is 0 Å². The Morgan fingerprint density at radius 3 is 1.92 bits per heavy atom. The summed E-state index contributed by atoms with van der Waals surface area (Å²) in [6.45, 7) is -0.726. The Morgan fingerprint density at radius 1 is 1.08 bits per heavy atom. The van der Waals surface area contributed by atoms with Crippen molar-refractivity contribution in [2.45, 2.75) is 22.1 Å². The van der Waals surface area contributed by atoms with Crippen LogP contribution in [0, 0.1) is 0 Å². The van der Waals surface area contributed by atoms with Crippen LogP contribution >= 0.6 is 0 Å². The molecule has 0 aromatic heterocycles. The van der Waals surface area contributed by atoms with E-state index in [1.165, 1.54) is 0 Å². The van der Waals surface area contributed by atoms with Gasteiger partial charge in [-0.05, 0) is 0 Å². The maximum absolute atomic E-state index is 10.2. The molecule has 0 aromatic rings. The van der Waals surface area contributed by atoms with Gasteiger partial charge in [-0.25, -0.2) is 0 Å². The zero-order chi connectivity index (χ0) is 9.72. The summed E-state index contributed by atoms with van der Waals surface area (Å²) in [4.78, 5) is 0. The summed E-state index contributed by atoms with van der Waals surface area (Å²) in [5, 5.41) is 43.9. The van der Waals surface area contributed by atoms with Crippen LogP contribution in [0.4, 0.5) is 0 Å². The fraction of sp³-hybridized carbons (Fsp3) is 1.00. The predicted octanol–water partition coefficient (Wildman–Crippen LogP) is -3.57. The molecule has 7 heteroatoms. The van der Waals surface area contributed by atoms with Crippen LogP contribution in [0.1, 0.15) is 0 Å². The van der Waals surface area contributed by atoms with E-state index in [0.29, 0.717) is 0 Å². The maximum atomic E-state index is 10.2. The first-order valence-corrected chi connectivity index (χ1v) is 6.63. The van der Waals surface area contributed by atoms with E-state index in [1.807, 2.05) is 0 Å². The van der Waals surface area contributed by atoms with Crippen LogP contribution in [-0.4, -0.2) is 77.5 Å². The monoisotopic (exact) mass is 376 g/mol. The Bertz CT molecular complexity index is 142. The molecule has 0 heterocycles. The summed E-state index contributed by atoms with van der Waals surface area (Å²) in [6, 6.07) is 0. The molecular formula is C5H11BiO6. The second-order valence-electron chi connectivity index (χ2n) is 2.25. The second kappa shape index (κ2) is 6.02. The van der Waals surface area contributed by atoms with Crippen molar-refractivity contribution >= 4 is 23.2 Å². The van der Waals surface area contributed by atoms with Crippen molar-refractivity contribution in [3.63, 3.8) is 0 Å². The molecule has 5 N–H and O–H groups in total. The molecule has 0 fully saturated rings. The first-order chi connectivity index (χ1) is 5.54. The zero-order valence-corrected chi connectivity index (χ0v) is 9.59. The van der Waals surface area contributed by atoms with E-state index in [0.717, 1.165) is 0 Å². The van der Waals surface area contributed by atoms with Crippen molar-refractivity contribution in [3.8, 4) is 0 Å². The van der Waals surface area contributed by atoms with Crippen LogP contribution in [-0.2, 0) is 2.81 Å². The molecule has 0 unspecified atom stereocenters. The fourth-order valence-electron chi connectivity index (χ4n) is 0.574. The van der Waals surface area contributed by atoms with E-state index in [1.54, 1.807) is 0 Å². The third kappa shape index (κ3) is 3.47. The first kappa shape index (κ1) is 12.5. The van der Waals surface area contributed by atoms with Crippen LogP contribution in [0.25, 0.3) is 0 Å². The average Bonchev–Trinajstić information content (AvgIpc) is 2.12. The molecule has 0 aliphatic heterocycles. The molecule has 0 aliphatic carbocycles. The van der Waals surface area contributed by atoms with Gasteiger partial charge < -0.3 is 0 Å². The Kier molecular flexibility index (Phi) is 6.26. The quantitative estimate of drug-likeness (QED) is 0.317. The molecular weight excluding hydrogens is 365 g/mol. The van der Waals surface area contributed by atoms with Gasteiger partial charge in [-0.3, -0.25) is 0 Å². The molecule has 0 bridgehead atoms. The van der Waals surface area contributed by atoms with Crippen molar-refractivity contribution in [2.75, 3.05) is 6.61 Å². The Labute approximate surface area is 80.5 Å². The molecule has 0 saturated heterocycles. The van der Waals surface area contributed by atoms with Crippen molar-refractivity contribution in [1.29, 1.82) is 0 Å². The summed E-state index contributed by atoms with van der Waals surface area (Å²) in [5.41, 5.74) is 0. The SMILES string of the molecule is [O]=[Bi][C@@H](O)[C@H](O)[C@@H](O)[C@H](O)CO. The molecule has 0 aliphatic rings. The van der Waals surface area contributed by atoms with Crippen molar-refractivity contribution in [1.82, 2.24) is 0 Å². The van der Waals surface area contributed by atoms with Gasteiger partial charge in [0.15, 0.2) is 0 Å². The van der Waals surface area contributed by atoms with E-state index < -0.39 is 52.0 Å². The van der Waals surface area contributed by atoms with Crippen LogP contribution in [0.2, 0.25) is 0 Å². The number of hydrogen-bond donors (Lipinski definition) is 5. The molecule has 12 heavy (non-hydrogen) atoms. The normalized spacial score (nSPS) is 21.1. The Balaban J connectivity index is 4.07. The van der Waals surface area contributed by atoms with Crippen LogP contribution in [0.5, 0.6) is 0 Å². The summed E-state index contributed by atoms with van der Waals surface area (Å²) in [6.07, 6.45) is -4.84. The van der Waals surface area contributed by atoms with Gasteiger partial charge in [0.05, 0.1) is 0 Å². The molecule has 0 spiro atoms. The van der Waals surface area contributed by atoms with Crippen LogP contribution in [0.3, 0.4) is 0 Å². The Morgan fingerprint density at radius 2 is 1.58 bits per heavy atom. The van der Waals surface area contributed by atoms with Gasteiger partial charge in [-0.1, -0.05) is 0 Å². The molecule has 0 radical (unpaired) electrons. The van der Waals surface area contributed by atoms with Gasteiger partial charge in [-0.2, -0.15) is 0 Å². The van der Waals surface area contributed by atoms with Gasteiger partial charge in [0.2, 0.25) is 0 Å². The molecule has 6 nitrogen and oxygen atoms in total. The second-order valence-corrected chi connectivity index (χ2v) is 5.13. The van der Waals surface area contributed by atoms with E-state index in [2.05, 4.69) is 0 Å². The minimum atomic E-state index is -2.42. The summed E-state index contributed by atoms with van der Waals surface area (Å²) in [5.74, 6) is 0. The third-order valence-corrected chi connectivity index (χ3v) is 3.37. The third-order valence-electron chi connectivity index (χ3n) is 1.34. The van der Waals surface area contributed by atoms with Gasteiger partial charge in [0.25, 0.3) is 0 Å². The fourth-order valence-corrected chi connectivity index (χ4v) is 1.74. The number of aliphatic hydroxyl groups is 5. The van der Waals surface area contributed by atoms with Gasteiger partial charge in [0, 0.05) is 0 Å². The average molecular weight is 376 g/mol. The molecule has 0 aromatic carbocycles. The van der Waals surface area contributed by atoms with E-state index in [-0.39, 0.29) is 0 Å². The van der Waals surface area contributed by atoms with Gasteiger partial charge >= 0.3 is 80.3 Å². The summed E-state index contributed by atoms with van der Waals surface area (Å²) >= 11 is -2.42. The molecule has 0 amide bonds. The van der Waals surface area contributed by atoms with Gasteiger partial charge in [-0.15, -0.1) is 0 Å². The van der Waals surface area contributed by atoms with E-state index in [9.17, 15) is 2.81 Å². The van der Waals surface area contributed by atoms with Crippen molar-refractivity contribution in [3.05, 3.63) is 0 Å². The molecule has 0 saturated carbocycles.